The average molecular weight is 385 g/mol. The van der Waals surface area contributed by atoms with Gasteiger partial charge in [-0.15, -0.1) is 12.4 Å². The Morgan fingerprint density at radius 3 is 2.67 bits per heavy atom. The number of hydrogen-bond acceptors (Lipinski definition) is 5. The van der Waals surface area contributed by atoms with Crippen molar-refractivity contribution in [3.8, 4) is 11.5 Å². The normalized spacial score (nSPS) is 10.1. The molecule has 0 spiro atoms. The van der Waals surface area contributed by atoms with E-state index in [9.17, 15) is 0 Å². The highest BCUT2D eigenvalue weighted by atomic mass is 79.9. The highest BCUT2D eigenvalue weighted by molar-refractivity contribution is 9.10. The molecule has 0 aliphatic rings. The van der Waals surface area contributed by atoms with Crippen LogP contribution in [-0.4, -0.2) is 45.2 Å². The average Bonchev–Trinajstić information content (AvgIpc) is 2.43. The maximum Gasteiger partial charge on any atom is 0.174 e. The van der Waals surface area contributed by atoms with Gasteiger partial charge in [0.2, 0.25) is 0 Å². The van der Waals surface area contributed by atoms with E-state index in [-0.39, 0.29) is 19.0 Å². The van der Waals surface area contributed by atoms with E-state index in [0.717, 1.165) is 22.3 Å². The number of ether oxygens (including phenoxy) is 3. The van der Waals surface area contributed by atoms with E-state index in [1.807, 2.05) is 19.1 Å². The molecule has 122 valence electrons. The summed E-state index contributed by atoms with van der Waals surface area (Å²) in [6.07, 6.45) is 0. The zero-order valence-electron chi connectivity index (χ0n) is 12.4. The highest BCUT2D eigenvalue weighted by Crippen LogP contribution is 2.36. The molecule has 1 rings (SSSR count). The van der Waals surface area contributed by atoms with Crippen LogP contribution in [0.5, 0.6) is 11.5 Å². The van der Waals surface area contributed by atoms with E-state index in [1.165, 1.54) is 0 Å². The Kier molecular flexibility index (Phi) is 11.8. The number of rotatable bonds is 10. The second-order valence-corrected chi connectivity index (χ2v) is 4.91. The third-order valence-electron chi connectivity index (χ3n) is 2.56. The summed E-state index contributed by atoms with van der Waals surface area (Å²) < 4.78 is 16.9. The number of hydrogen-bond donors (Lipinski definition) is 2. The molecule has 2 N–H and O–H groups in total. The Morgan fingerprint density at radius 1 is 1.29 bits per heavy atom. The minimum absolute atomic E-state index is 0. The molecule has 1 aromatic carbocycles. The lowest BCUT2D eigenvalue weighted by molar-refractivity contribution is 0.0938. The lowest BCUT2D eigenvalue weighted by Gasteiger charge is -2.13. The Morgan fingerprint density at radius 2 is 2.05 bits per heavy atom. The maximum atomic E-state index is 8.59. The van der Waals surface area contributed by atoms with Crippen molar-refractivity contribution in [1.82, 2.24) is 5.32 Å². The van der Waals surface area contributed by atoms with Crippen LogP contribution in [0.25, 0.3) is 0 Å². The Bertz CT molecular complexity index is 407. The van der Waals surface area contributed by atoms with Crippen LogP contribution in [0.1, 0.15) is 12.5 Å². The number of nitrogens with one attached hydrogen (secondary N) is 1. The van der Waals surface area contributed by atoms with Gasteiger partial charge in [-0.25, -0.2) is 0 Å². The first-order valence-electron chi connectivity index (χ1n) is 6.61. The maximum absolute atomic E-state index is 8.59. The van der Waals surface area contributed by atoms with Crippen LogP contribution in [0.15, 0.2) is 16.6 Å². The Hall–Kier alpha value is -0.530. The monoisotopic (exact) mass is 383 g/mol. The summed E-state index contributed by atoms with van der Waals surface area (Å²) in [6, 6.07) is 3.97. The molecule has 0 aromatic heterocycles. The minimum atomic E-state index is 0. The molecule has 21 heavy (non-hydrogen) atoms. The van der Waals surface area contributed by atoms with Gasteiger partial charge >= 0.3 is 0 Å². The van der Waals surface area contributed by atoms with E-state index in [2.05, 4.69) is 21.2 Å². The molecule has 0 heterocycles. The molecule has 0 saturated carbocycles. The smallest absolute Gasteiger partial charge is 0.174 e. The van der Waals surface area contributed by atoms with Gasteiger partial charge in [0.1, 0.15) is 0 Å². The molecule has 0 fully saturated rings. The van der Waals surface area contributed by atoms with Crippen LogP contribution in [-0.2, 0) is 11.3 Å². The van der Waals surface area contributed by atoms with Crippen molar-refractivity contribution in [2.45, 2.75) is 13.5 Å². The molecule has 5 nitrogen and oxygen atoms in total. The van der Waals surface area contributed by atoms with E-state index >= 15 is 0 Å². The number of aliphatic hydroxyl groups excluding tert-OH is 1. The zero-order chi connectivity index (χ0) is 14.8. The lowest BCUT2D eigenvalue weighted by atomic mass is 10.2. The molecule has 0 bridgehead atoms. The van der Waals surface area contributed by atoms with E-state index in [1.54, 1.807) is 7.11 Å². The third-order valence-corrected chi connectivity index (χ3v) is 3.15. The van der Waals surface area contributed by atoms with Gasteiger partial charge in [0.25, 0.3) is 0 Å². The fourth-order valence-electron chi connectivity index (χ4n) is 1.73. The van der Waals surface area contributed by atoms with Crippen LogP contribution in [0.4, 0.5) is 0 Å². The van der Waals surface area contributed by atoms with Crippen molar-refractivity contribution >= 4 is 28.3 Å². The summed E-state index contributed by atoms with van der Waals surface area (Å²) in [6.45, 7) is 4.99. The quantitative estimate of drug-likeness (QED) is 0.607. The van der Waals surface area contributed by atoms with Gasteiger partial charge < -0.3 is 24.6 Å². The minimum Gasteiger partial charge on any atom is -0.492 e. The zero-order valence-corrected chi connectivity index (χ0v) is 14.8. The largest absolute Gasteiger partial charge is 0.492 e. The van der Waals surface area contributed by atoms with Crippen LogP contribution >= 0.6 is 28.3 Å². The lowest BCUT2D eigenvalue weighted by Crippen LogP contribution is -2.20. The molecule has 0 saturated heterocycles. The van der Waals surface area contributed by atoms with Crippen LogP contribution < -0.4 is 14.8 Å². The molecule has 0 radical (unpaired) electrons. The summed E-state index contributed by atoms with van der Waals surface area (Å²) in [7, 11) is 1.62. The number of halogens is 2. The Labute approximate surface area is 140 Å². The number of aliphatic hydroxyl groups is 1. The third kappa shape index (κ3) is 7.33. The first-order valence-corrected chi connectivity index (χ1v) is 7.40. The molecule has 0 aliphatic heterocycles. The fraction of sp³-hybridized carbons (Fsp3) is 0.571. The van der Waals surface area contributed by atoms with Gasteiger partial charge in [-0.2, -0.15) is 0 Å². The summed E-state index contributed by atoms with van der Waals surface area (Å²) in [5.74, 6) is 1.44. The van der Waals surface area contributed by atoms with Gasteiger partial charge in [0.05, 0.1) is 38.0 Å². The van der Waals surface area contributed by atoms with Crippen LogP contribution in [0.3, 0.4) is 0 Å². The predicted octanol–water partition coefficient (Wildman–Crippen LogP) is 2.38. The molecular formula is C14H23BrClNO4. The van der Waals surface area contributed by atoms with Crippen molar-refractivity contribution in [3.63, 3.8) is 0 Å². The topological polar surface area (TPSA) is 60.0 Å². The molecule has 0 unspecified atom stereocenters. The van der Waals surface area contributed by atoms with Gasteiger partial charge in [-0.3, -0.25) is 0 Å². The number of methoxy groups -OCH3 is 1. The van der Waals surface area contributed by atoms with Gasteiger partial charge in [-0.05, 0) is 40.5 Å². The van der Waals surface area contributed by atoms with Crippen LogP contribution in [0, 0.1) is 0 Å². The van der Waals surface area contributed by atoms with Gasteiger partial charge in [0.15, 0.2) is 11.5 Å². The second kappa shape index (κ2) is 12.1. The summed E-state index contributed by atoms with van der Waals surface area (Å²) >= 11 is 3.49. The molecule has 7 heteroatoms. The highest BCUT2D eigenvalue weighted by Gasteiger charge is 2.10. The molecular weight excluding hydrogens is 362 g/mol. The van der Waals surface area contributed by atoms with Crippen LogP contribution in [0.2, 0.25) is 0 Å². The van der Waals surface area contributed by atoms with E-state index in [0.29, 0.717) is 32.1 Å². The first-order chi connectivity index (χ1) is 9.72. The molecule has 1 aromatic rings. The first kappa shape index (κ1) is 20.5. The molecule has 0 amide bonds. The van der Waals surface area contributed by atoms with Crippen molar-refractivity contribution < 1.29 is 19.3 Å². The van der Waals surface area contributed by atoms with Crippen molar-refractivity contribution in [2.24, 2.45) is 0 Å². The molecule has 0 atom stereocenters. The van der Waals surface area contributed by atoms with Crippen molar-refractivity contribution in [2.75, 3.05) is 40.1 Å². The van der Waals surface area contributed by atoms with Crippen molar-refractivity contribution in [1.29, 1.82) is 0 Å². The fourth-order valence-corrected chi connectivity index (χ4v) is 2.38. The summed E-state index contributed by atoms with van der Waals surface area (Å²) in [4.78, 5) is 0. The molecule has 0 aliphatic carbocycles. The SMILES string of the molecule is CCOc1cc(CNCCOCCO)cc(Br)c1OC.Cl. The van der Waals surface area contributed by atoms with Crippen molar-refractivity contribution in [3.05, 3.63) is 22.2 Å². The standard InChI is InChI=1S/C14H22BrNO4.ClH/c1-3-20-13-9-11(8-12(15)14(13)18-2)10-16-4-6-19-7-5-17;/h8-9,16-17H,3-7,10H2,1-2H3;1H. The van der Waals surface area contributed by atoms with E-state index in [4.69, 9.17) is 19.3 Å². The predicted molar refractivity (Wildman–Crippen MR) is 88.7 cm³/mol. The number of benzene rings is 1. The Balaban J connectivity index is 0.00000400. The van der Waals surface area contributed by atoms with Gasteiger partial charge in [0, 0.05) is 13.1 Å². The summed E-state index contributed by atoms with van der Waals surface area (Å²) in [5, 5.41) is 11.9. The van der Waals surface area contributed by atoms with E-state index < -0.39 is 0 Å². The van der Waals surface area contributed by atoms with Gasteiger partial charge in [-0.1, -0.05) is 0 Å². The summed E-state index contributed by atoms with van der Waals surface area (Å²) in [5.41, 5.74) is 1.10. The second-order valence-electron chi connectivity index (χ2n) is 4.05.